The molecule has 2 rings (SSSR count). The van der Waals surface area contributed by atoms with Gasteiger partial charge in [0.05, 0.1) is 5.52 Å². The van der Waals surface area contributed by atoms with Crippen LogP contribution in [0.15, 0.2) is 24.3 Å². The predicted octanol–water partition coefficient (Wildman–Crippen LogP) is 3.44. The van der Waals surface area contributed by atoms with Crippen molar-refractivity contribution in [1.29, 1.82) is 0 Å². The van der Waals surface area contributed by atoms with Crippen LogP contribution in [-0.2, 0) is 4.74 Å². The van der Waals surface area contributed by atoms with E-state index in [2.05, 4.69) is 0 Å². The van der Waals surface area contributed by atoms with Gasteiger partial charge in [-0.2, -0.15) is 0 Å². The van der Waals surface area contributed by atoms with Gasteiger partial charge in [-0.15, -0.1) is 0 Å². The van der Waals surface area contributed by atoms with E-state index < -0.39 is 11.7 Å². The number of aromatic hydroxyl groups is 1. The van der Waals surface area contributed by atoms with Crippen LogP contribution in [0.5, 0.6) is 5.88 Å². The Bertz CT molecular complexity index is 605. The molecule has 0 atom stereocenters. The molecule has 1 N–H and O–H groups in total. The fourth-order valence-electron chi connectivity index (χ4n) is 1.80. The van der Waals surface area contributed by atoms with Crippen molar-refractivity contribution < 1.29 is 14.6 Å². The number of rotatable bonds is 0. The van der Waals surface area contributed by atoms with E-state index in [0.29, 0.717) is 5.52 Å². The molecule has 0 aliphatic heterocycles. The van der Waals surface area contributed by atoms with Gasteiger partial charge in [0.15, 0.2) is 0 Å². The van der Waals surface area contributed by atoms with E-state index in [9.17, 15) is 9.90 Å². The number of aryl methyl sites for hydroxylation is 1. The van der Waals surface area contributed by atoms with Gasteiger partial charge in [-0.3, -0.25) is 0 Å². The minimum absolute atomic E-state index is 0.107. The van der Waals surface area contributed by atoms with Crippen LogP contribution in [0.4, 0.5) is 4.79 Å². The number of aromatic nitrogens is 1. The Balaban J connectivity index is 2.53. The normalized spacial score (nSPS) is 11.8. The van der Waals surface area contributed by atoms with Crippen molar-refractivity contribution in [3.63, 3.8) is 0 Å². The van der Waals surface area contributed by atoms with Gasteiger partial charge >= 0.3 is 6.09 Å². The smallest absolute Gasteiger partial charge is 0.421 e. The number of carbonyl (C=O) groups excluding carboxylic acids is 1. The van der Waals surface area contributed by atoms with E-state index in [4.69, 9.17) is 4.74 Å². The lowest BCUT2D eigenvalue weighted by atomic mass is 10.2. The molecule has 0 aliphatic carbocycles. The average molecular weight is 247 g/mol. The molecule has 1 heterocycles. The van der Waals surface area contributed by atoms with Crippen molar-refractivity contribution in [1.82, 2.24) is 4.57 Å². The van der Waals surface area contributed by atoms with Crippen molar-refractivity contribution in [2.24, 2.45) is 0 Å². The highest BCUT2D eigenvalue weighted by atomic mass is 16.6. The fraction of sp³-hybridized carbons (Fsp3) is 0.357. The van der Waals surface area contributed by atoms with Gasteiger partial charge in [0.2, 0.25) is 5.88 Å². The summed E-state index contributed by atoms with van der Waals surface area (Å²) in [6.45, 7) is 7.31. The highest BCUT2D eigenvalue weighted by Gasteiger charge is 2.21. The lowest BCUT2D eigenvalue weighted by molar-refractivity contribution is 0.0533. The Hall–Kier alpha value is -1.97. The molecule has 0 fully saturated rings. The second-order valence-corrected chi connectivity index (χ2v) is 5.38. The maximum atomic E-state index is 12.0. The van der Waals surface area contributed by atoms with E-state index in [0.717, 1.165) is 10.9 Å². The summed E-state index contributed by atoms with van der Waals surface area (Å²) in [5.74, 6) is -0.107. The number of carbonyl (C=O) groups is 1. The maximum absolute atomic E-state index is 12.0. The Morgan fingerprint density at radius 3 is 2.56 bits per heavy atom. The summed E-state index contributed by atoms with van der Waals surface area (Å²) in [4.78, 5) is 12.0. The lowest BCUT2D eigenvalue weighted by Gasteiger charge is -2.20. The van der Waals surface area contributed by atoms with Gasteiger partial charge in [0, 0.05) is 11.5 Å². The molecule has 18 heavy (non-hydrogen) atoms. The summed E-state index contributed by atoms with van der Waals surface area (Å²) in [5.41, 5.74) is 1.08. The quantitative estimate of drug-likeness (QED) is 0.775. The number of hydrogen-bond donors (Lipinski definition) is 1. The fourth-order valence-corrected chi connectivity index (χ4v) is 1.80. The minimum atomic E-state index is -0.593. The summed E-state index contributed by atoms with van der Waals surface area (Å²) < 4.78 is 6.46. The monoisotopic (exact) mass is 247 g/mol. The van der Waals surface area contributed by atoms with Gasteiger partial charge in [-0.1, -0.05) is 12.1 Å². The van der Waals surface area contributed by atoms with Crippen LogP contribution in [0.25, 0.3) is 10.9 Å². The van der Waals surface area contributed by atoms with Crippen LogP contribution in [0.3, 0.4) is 0 Å². The first kappa shape index (κ1) is 12.5. The molecule has 0 aliphatic rings. The Kier molecular flexibility index (Phi) is 2.81. The molecule has 0 radical (unpaired) electrons. The van der Waals surface area contributed by atoms with Gasteiger partial charge in [0.25, 0.3) is 0 Å². The third-order valence-corrected chi connectivity index (χ3v) is 2.52. The molecule has 2 aromatic rings. The summed E-state index contributed by atoms with van der Waals surface area (Å²) in [7, 11) is 0. The van der Waals surface area contributed by atoms with Crippen molar-refractivity contribution in [2.45, 2.75) is 33.3 Å². The highest BCUT2D eigenvalue weighted by Crippen LogP contribution is 2.26. The SMILES string of the molecule is Cc1ccc2cc(O)n(C(=O)OC(C)(C)C)c2c1. The van der Waals surface area contributed by atoms with Gasteiger partial charge in [0.1, 0.15) is 5.60 Å². The molecule has 96 valence electrons. The molecule has 0 spiro atoms. The van der Waals surface area contributed by atoms with Crippen LogP contribution in [0.2, 0.25) is 0 Å². The number of fused-ring (bicyclic) bond motifs is 1. The number of nitrogens with zero attached hydrogens (tertiary/aromatic N) is 1. The Morgan fingerprint density at radius 1 is 1.28 bits per heavy atom. The van der Waals surface area contributed by atoms with E-state index >= 15 is 0 Å². The van der Waals surface area contributed by atoms with Gasteiger partial charge in [-0.25, -0.2) is 9.36 Å². The largest absolute Gasteiger partial charge is 0.494 e. The number of benzene rings is 1. The molecule has 1 aromatic heterocycles. The van der Waals surface area contributed by atoms with Crippen LogP contribution >= 0.6 is 0 Å². The highest BCUT2D eigenvalue weighted by molar-refractivity contribution is 5.92. The van der Waals surface area contributed by atoms with Crippen LogP contribution < -0.4 is 0 Å². The molecule has 4 nitrogen and oxygen atoms in total. The van der Waals surface area contributed by atoms with Gasteiger partial charge < -0.3 is 9.84 Å². The zero-order valence-corrected chi connectivity index (χ0v) is 11.0. The molecule has 0 bridgehead atoms. The molecule has 0 saturated carbocycles. The van der Waals surface area contributed by atoms with E-state index in [1.54, 1.807) is 26.8 Å². The summed E-state index contributed by atoms with van der Waals surface area (Å²) >= 11 is 0. The van der Waals surface area contributed by atoms with E-state index in [1.807, 2.05) is 25.1 Å². The van der Waals surface area contributed by atoms with Crippen LogP contribution in [0, 0.1) is 6.92 Å². The zero-order valence-electron chi connectivity index (χ0n) is 11.0. The Morgan fingerprint density at radius 2 is 1.94 bits per heavy atom. The number of ether oxygens (including phenoxy) is 1. The first-order chi connectivity index (χ1) is 8.28. The lowest BCUT2D eigenvalue weighted by Crippen LogP contribution is -2.26. The van der Waals surface area contributed by atoms with Crippen LogP contribution in [0.1, 0.15) is 26.3 Å². The van der Waals surface area contributed by atoms with Crippen LogP contribution in [-0.4, -0.2) is 21.4 Å². The average Bonchev–Trinajstić information content (AvgIpc) is 2.50. The Labute approximate surface area is 106 Å². The van der Waals surface area contributed by atoms with Gasteiger partial charge in [-0.05, 0) is 39.3 Å². The molecule has 4 heteroatoms. The topological polar surface area (TPSA) is 51.5 Å². The first-order valence-electron chi connectivity index (χ1n) is 5.82. The summed E-state index contributed by atoms with van der Waals surface area (Å²) in [6.07, 6.45) is -0.569. The van der Waals surface area contributed by atoms with Crippen molar-refractivity contribution in [3.05, 3.63) is 29.8 Å². The molecule has 0 unspecified atom stereocenters. The van der Waals surface area contributed by atoms with Crippen molar-refractivity contribution in [2.75, 3.05) is 0 Å². The number of hydrogen-bond acceptors (Lipinski definition) is 3. The summed E-state index contributed by atoms with van der Waals surface area (Å²) in [6, 6.07) is 7.20. The third-order valence-electron chi connectivity index (χ3n) is 2.52. The standard InChI is InChI=1S/C14H17NO3/c1-9-5-6-10-8-12(16)15(11(10)7-9)13(17)18-14(2,3)4/h5-8,16H,1-4H3. The molecular formula is C14H17NO3. The van der Waals surface area contributed by atoms with Crippen molar-refractivity contribution in [3.8, 4) is 5.88 Å². The molecule has 1 aromatic carbocycles. The zero-order chi connectivity index (χ0) is 13.5. The van der Waals surface area contributed by atoms with E-state index in [1.165, 1.54) is 4.57 Å². The first-order valence-corrected chi connectivity index (χ1v) is 5.82. The third kappa shape index (κ3) is 2.32. The minimum Gasteiger partial charge on any atom is -0.494 e. The van der Waals surface area contributed by atoms with Crippen molar-refractivity contribution >= 4 is 17.0 Å². The summed E-state index contributed by atoms with van der Waals surface area (Å²) in [5, 5.41) is 10.7. The molecular weight excluding hydrogens is 230 g/mol. The van der Waals surface area contributed by atoms with E-state index in [-0.39, 0.29) is 5.88 Å². The molecule has 0 amide bonds. The maximum Gasteiger partial charge on any atom is 0.421 e. The molecule has 0 saturated heterocycles. The second-order valence-electron chi connectivity index (χ2n) is 5.38. The second kappa shape index (κ2) is 4.05. The predicted molar refractivity (Wildman–Crippen MR) is 70.0 cm³/mol.